The lowest BCUT2D eigenvalue weighted by Gasteiger charge is -2.53. The Bertz CT molecular complexity index is 643. The Morgan fingerprint density at radius 3 is 2.00 bits per heavy atom. The van der Waals surface area contributed by atoms with E-state index in [-0.39, 0.29) is 17.0 Å². The largest absolute Gasteiger partial charge is 1.00 e. The number of benzene rings is 1. The van der Waals surface area contributed by atoms with Crippen LogP contribution >= 0.6 is 0 Å². The first-order chi connectivity index (χ1) is 9.81. The van der Waals surface area contributed by atoms with Gasteiger partial charge >= 0.3 is 0 Å². The van der Waals surface area contributed by atoms with Crippen molar-refractivity contribution < 1.29 is 21.5 Å². The number of pyridine rings is 1. The Kier molecular flexibility index (Phi) is 3.15. The molecule has 4 aliphatic rings. The molecule has 0 aliphatic heterocycles. The summed E-state index contributed by atoms with van der Waals surface area (Å²) >= 11 is 0. The van der Waals surface area contributed by atoms with Crippen molar-refractivity contribution in [2.24, 2.45) is 17.8 Å². The van der Waals surface area contributed by atoms with E-state index in [9.17, 15) is 0 Å². The van der Waals surface area contributed by atoms with E-state index in [0.29, 0.717) is 5.54 Å². The highest BCUT2D eigenvalue weighted by Crippen LogP contribution is 2.56. The molecule has 1 aromatic heterocycles. The van der Waals surface area contributed by atoms with Gasteiger partial charge in [-0.05, 0) is 48.5 Å². The zero-order valence-corrected chi connectivity index (χ0v) is 13.9. The first kappa shape index (κ1) is 13.8. The Hall–Kier alpha value is -0.890. The van der Waals surface area contributed by atoms with Crippen molar-refractivity contribution >= 4 is 10.8 Å². The average Bonchev–Trinajstić information content (AvgIpc) is 2.45. The molecule has 4 saturated carbocycles. The second-order valence-electron chi connectivity index (χ2n) is 7.62. The molecule has 0 atom stereocenters. The minimum absolute atomic E-state index is 0. The van der Waals surface area contributed by atoms with Crippen LogP contribution in [0.2, 0.25) is 0 Å². The van der Waals surface area contributed by atoms with E-state index < -0.39 is 0 Å². The lowest BCUT2D eigenvalue weighted by molar-refractivity contribution is -0.775. The van der Waals surface area contributed by atoms with Gasteiger partial charge in [-0.15, -0.1) is 0 Å². The molecule has 6 rings (SSSR count). The second kappa shape index (κ2) is 4.81. The van der Waals surface area contributed by atoms with Gasteiger partial charge in [0.15, 0.2) is 17.9 Å². The van der Waals surface area contributed by atoms with Crippen LogP contribution in [-0.4, -0.2) is 0 Å². The minimum atomic E-state index is 0. The Morgan fingerprint density at radius 1 is 0.810 bits per heavy atom. The van der Waals surface area contributed by atoms with Crippen LogP contribution in [0, 0.1) is 17.8 Å². The van der Waals surface area contributed by atoms with Gasteiger partial charge in [-0.3, -0.25) is 0 Å². The molecule has 0 N–H and O–H groups in total. The second-order valence-corrected chi connectivity index (χ2v) is 7.62. The normalized spacial score (nSPS) is 36.7. The molecule has 1 aromatic carbocycles. The molecule has 0 amide bonds. The van der Waals surface area contributed by atoms with Crippen LogP contribution < -0.4 is 21.5 Å². The van der Waals surface area contributed by atoms with Gasteiger partial charge in [0, 0.05) is 30.7 Å². The number of nitrogens with zero attached hydrogens (tertiary/aromatic N) is 1. The van der Waals surface area contributed by atoms with Crippen LogP contribution in [0.5, 0.6) is 0 Å². The van der Waals surface area contributed by atoms with Gasteiger partial charge in [0.2, 0.25) is 0 Å². The SMILES string of the molecule is [Br-].c1ccc2c[n+](C34CC5CC(CC(C5)C3)C4)ccc2c1. The lowest BCUT2D eigenvalue weighted by atomic mass is 9.53. The molecule has 4 bridgehead atoms. The predicted molar refractivity (Wildman–Crippen MR) is 80.3 cm³/mol. The van der Waals surface area contributed by atoms with Crippen LogP contribution in [0.1, 0.15) is 38.5 Å². The number of hydrogen-bond acceptors (Lipinski definition) is 0. The molecule has 4 fully saturated rings. The van der Waals surface area contributed by atoms with E-state index in [4.69, 9.17) is 0 Å². The number of halogens is 1. The van der Waals surface area contributed by atoms with E-state index in [1.54, 1.807) is 0 Å². The highest BCUT2D eigenvalue weighted by Gasteiger charge is 2.56. The molecule has 4 aliphatic carbocycles. The summed E-state index contributed by atoms with van der Waals surface area (Å²) in [6.07, 6.45) is 13.6. The number of hydrogen-bond donors (Lipinski definition) is 0. The minimum Gasteiger partial charge on any atom is -1.00 e. The highest BCUT2D eigenvalue weighted by molar-refractivity contribution is 5.80. The van der Waals surface area contributed by atoms with Gasteiger partial charge < -0.3 is 17.0 Å². The van der Waals surface area contributed by atoms with E-state index in [2.05, 4.69) is 47.3 Å². The van der Waals surface area contributed by atoms with Crippen molar-refractivity contribution in [3.8, 4) is 0 Å². The van der Waals surface area contributed by atoms with Crippen molar-refractivity contribution in [2.75, 3.05) is 0 Å². The van der Waals surface area contributed by atoms with Gasteiger partial charge in [0.1, 0.15) is 0 Å². The first-order valence-electron chi connectivity index (χ1n) is 8.21. The molecule has 2 heteroatoms. The van der Waals surface area contributed by atoms with Crippen molar-refractivity contribution in [1.29, 1.82) is 0 Å². The third-order valence-electron chi connectivity index (χ3n) is 6.24. The molecule has 1 heterocycles. The highest BCUT2D eigenvalue weighted by atomic mass is 79.9. The monoisotopic (exact) mass is 343 g/mol. The van der Waals surface area contributed by atoms with E-state index in [1.807, 2.05) is 0 Å². The molecular weight excluding hydrogens is 322 g/mol. The van der Waals surface area contributed by atoms with Gasteiger partial charge in [0.25, 0.3) is 0 Å². The topological polar surface area (TPSA) is 3.88 Å². The van der Waals surface area contributed by atoms with Gasteiger partial charge in [-0.25, -0.2) is 0 Å². The number of rotatable bonds is 1. The van der Waals surface area contributed by atoms with Gasteiger partial charge in [-0.2, -0.15) is 4.57 Å². The first-order valence-corrected chi connectivity index (χ1v) is 8.21. The van der Waals surface area contributed by atoms with Crippen molar-refractivity contribution in [3.63, 3.8) is 0 Å². The third kappa shape index (κ3) is 2.06. The summed E-state index contributed by atoms with van der Waals surface area (Å²) in [6, 6.07) is 11.1. The zero-order chi connectivity index (χ0) is 13.2. The fourth-order valence-electron chi connectivity index (χ4n) is 5.81. The summed E-state index contributed by atoms with van der Waals surface area (Å²) in [5.74, 6) is 3.04. The van der Waals surface area contributed by atoms with E-state index in [0.717, 1.165) is 17.8 Å². The quantitative estimate of drug-likeness (QED) is 0.681. The summed E-state index contributed by atoms with van der Waals surface area (Å²) in [5.41, 5.74) is 0.457. The lowest BCUT2D eigenvalue weighted by Crippen LogP contribution is -3.00. The number of aromatic nitrogens is 1. The zero-order valence-electron chi connectivity index (χ0n) is 12.3. The Morgan fingerprint density at radius 2 is 1.38 bits per heavy atom. The molecule has 110 valence electrons. The molecule has 0 unspecified atom stereocenters. The molecule has 0 radical (unpaired) electrons. The third-order valence-corrected chi connectivity index (χ3v) is 6.24. The van der Waals surface area contributed by atoms with Crippen LogP contribution in [0.4, 0.5) is 0 Å². The van der Waals surface area contributed by atoms with Gasteiger partial charge in [0.05, 0.1) is 0 Å². The molecular formula is C19H22BrN. The Balaban J connectivity index is 0.00000115. The van der Waals surface area contributed by atoms with Crippen LogP contribution in [-0.2, 0) is 5.54 Å². The van der Waals surface area contributed by atoms with E-state index in [1.165, 1.54) is 49.3 Å². The maximum atomic E-state index is 2.60. The van der Waals surface area contributed by atoms with Crippen molar-refractivity contribution in [1.82, 2.24) is 0 Å². The van der Waals surface area contributed by atoms with Crippen LogP contribution in [0.3, 0.4) is 0 Å². The number of fused-ring (bicyclic) bond motifs is 1. The molecule has 0 saturated heterocycles. The van der Waals surface area contributed by atoms with E-state index >= 15 is 0 Å². The fraction of sp³-hybridized carbons (Fsp3) is 0.526. The molecule has 21 heavy (non-hydrogen) atoms. The van der Waals surface area contributed by atoms with Crippen LogP contribution in [0.25, 0.3) is 10.8 Å². The molecule has 2 aromatic rings. The standard InChI is InChI=1S/C19H22N.BrH/c1-2-4-18-13-20(6-5-17(18)3-1)19-10-14-7-15(11-19)9-16(8-14)12-19;/h1-6,13-16H,7-12H2;1H/q+1;/p-1. The van der Waals surface area contributed by atoms with Crippen molar-refractivity contribution in [2.45, 2.75) is 44.1 Å². The summed E-state index contributed by atoms with van der Waals surface area (Å²) < 4.78 is 2.60. The molecule has 0 spiro atoms. The summed E-state index contributed by atoms with van der Waals surface area (Å²) in [4.78, 5) is 0. The molecule has 1 nitrogen and oxygen atoms in total. The van der Waals surface area contributed by atoms with Crippen LogP contribution in [0.15, 0.2) is 42.7 Å². The fourth-order valence-corrected chi connectivity index (χ4v) is 5.81. The maximum Gasteiger partial charge on any atom is 0.177 e. The summed E-state index contributed by atoms with van der Waals surface area (Å²) in [6.45, 7) is 0. The average molecular weight is 344 g/mol. The summed E-state index contributed by atoms with van der Waals surface area (Å²) in [5, 5.41) is 2.76. The maximum absolute atomic E-state index is 2.60. The van der Waals surface area contributed by atoms with Crippen molar-refractivity contribution in [3.05, 3.63) is 42.7 Å². The summed E-state index contributed by atoms with van der Waals surface area (Å²) in [7, 11) is 0. The smallest absolute Gasteiger partial charge is 0.177 e. The predicted octanol–water partition coefficient (Wildman–Crippen LogP) is 1.06. The van der Waals surface area contributed by atoms with Gasteiger partial charge in [-0.1, -0.05) is 18.2 Å². The Labute approximate surface area is 137 Å².